The normalized spacial score (nSPS) is 11.0. The van der Waals surface area contributed by atoms with Crippen LogP contribution in [0.1, 0.15) is 16.0 Å². The molecule has 0 atom stereocenters. The highest BCUT2D eigenvalue weighted by Crippen LogP contribution is 2.32. The number of ether oxygens (including phenoxy) is 1. The van der Waals surface area contributed by atoms with Crippen LogP contribution < -0.4 is 10.5 Å². The number of thiophene rings is 1. The second-order valence-electron chi connectivity index (χ2n) is 4.90. The molecule has 0 aliphatic rings. The lowest BCUT2D eigenvalue weighted by Crippen LogP contribution is -2.02. The number of halogens is 1. The van der Waals surface area contributed by atoms with E-state index in [0.29, 0.717) is 18.9 Å². The Balaban J connectivity index is 1.93. The van der Waals surface area contributed by atoms with Gasteiger partial charge in [-0.3, -0.25) is 0 Å². The number of benzene rings is 2. The van der Waals surface area contributed by atoms with Gasteiger partial charge in [0.2, 0.25) is 0 Å². The maximum Gasteiger partial charge on any atom is 0.126 e. The van der Waals surface area contributed by atoms with Crippen molar-refractivity contribution in [3.05, 3.63) is 64.3 Å². The van der Waals surface area contributed by atoms with Crippen LogP contribution in [0.25, 0.3) is 10.1 Å². The molecule has 3 rings (SSSR count). The molecule has 0 bridgehead atoms. The van der Waals surface area contributed by atoms with E-state index in [9.17, 15) is 4.39 Å². The van der Waals surface area contributed by atoms with Gasteiger partial charge in [0.1, 0.15) is 18.2 Å². The lowest BCUT2D eigenvalue weighted by atomic mass is 10.1. The fourth-order valence-electron chi connectivity index (χ4n) is 2.35. The average molecular weight is 301 g/mol. The monoisotopic (exact) mass is 301 g/mol. The zero-order valence-electron chi connectivity index (χ0n) is 11.7. The Morgan fingerprint density at radius 1 is 1.19 bits per heavy atom. The number of aryl methyl sites for hydroxylation is 1. The van der Waals surface area contributed by atoms with Crippen LogP contribution in [0, 0.1) is 12.7 Å². The molecule has 0 aliphatic carbocycles. The largest absolute Gasteiger partial charge is 0.488 e. The Labute approximate surface area is 127 Å². The first-order valence-electron chi connectivity index (χ1n) is 6.77. The highest BCUT2D eigenvalue weighted by atomic mass is 32.1. The molecule has 0 saturated heterocycles. The van der Waals surface area contributed by atoms with Crippen molar-refractivity contribution < 1.29 is 9.13 Å². The van der Waals surface area contributed by atoms with Gasteiger partial charge in [0.25, 0.3) is 0 Å². The molecule has 0 spiro atoms. The van der Waals surface area contributed by atoms with E-state index in [1.165, 1.54) is 16.8 Å². The minimum absolute atomic E-state index is 0.287. The topological polar surface area (TPSA) is 35.2 Å². The molecule has 2 aromatic carbocycles. The van der Waals surface area contributed by atoms with Gasteiger partial charge in [0.05, 0.1) is 0 Å². The molecule has 108 valence electrons. The van der Waals surface area contributed by atoms with Crippen molar-refractivity contribution >= 4 is 21.4 Å². The van der Waals surface area contributed by atoms with Gasteiger partial charge < -0.3 is 10.5 Å². The molecule has 0 aliphatic heterocycles. The molecule has 3 aromatic rings. The van der Waals surface area contributed by atoms with Crippen LogP contribution in [-0.4, -0.2) is 0 Å². The molecule has 0 amide bonds. The molecule has 0 radical (unpaired) electrons. The Morgan fingerprint density at radius 3 is 2.81 bits per heavy atom. The summed E-state index contributed by atoms with van der Waals surface area (Å²) in [6.45, 7) is 2.80. The Hall–Kier alpha value is -1.91. The molecular weight excluding hydrogens is 285 g/mol. The summed E-state index contributed by atoms with van der Waals surface area (Å²) < 4.78 is 20.3. The molecule has 0 saturated carbocycles. The van der Waals surface area contributed by atoms with Crippen LogP contribution >= 0.6 is 11.3 Å². The van der Waals surface area contributed by atoms with Gasteiger partial charge in [-0.15, -0.1) is 11.3 Å². The average Bonchev–Trinajstić information content (AvgIpc) is 2.86. The van der Waals surface area contributed by atoms with Gasteiger partial charge in [0.15, 0.2) is 0 Å². The summed E-state index contributed by atoms with van der Waals surface area (Å²) in [4.78, 5) is 1.12. The van der Waals surface area contributed by atoms with Gasteiger partial charge >= 0.3 is 0 Å². The second kappa shape index (κ2) is 5.84. The molecule has 4 heteroatoms. The molecule has 1 aromatic heterocycles. The van der Waals surface area contributed by atoms with Crippen molar-refractivity contribution in [1.29, 1.82) is 0 Å². The van der Waals surface area contributed by atoms with Gasteiger partial charge in [-0.25, -0.2) is 4.39 Å². The van der Waals surface area contributed by atoms with E-state index in [-0.39, 0.29) is 5.82 Å². The molecule has 2 nitrogen and oxygen atoms in total. The van der Waals surface area contributed by atoms with E-state index in [4.69, 9.17) is 10.5 Å². The van der Waals surface area contributed by atoms with Crippen molar-refractivity contribution in [2.45, 2.75) is 20.1 Å². The third-order valence-corrected chi connectivity index (χ3v) is 4.72. The first-order chi connectivity index (χ1) is 10.2. The van der Waals surface area contributed by atoms with E-state index in [0.717, 1.165) is 21.4 Å². The number of hydrogen-bond donors (Lipinski definition) is 1. The molecule has 21 heavy (non-hydrogen) atoms. The minimum Gasteiger partial charge on any atom is -0.488 e. The van der Waals surface area contributed by atoms with E-state index >= 15 is 0 Å². The quantitative estimate of drug-likeness (QED) is 0.776. The summed E-state index contributed by atoms with van der Waals surface area (Å²) in [6.07, 6.45) is 0. The Bertz CT molecular complexity index is 782. The predicted octanol–water partition coefficient (Wildman–Crippen LogP) is 4.39. The molecular formula is C17H16FNOS. The van der Waals surface area contributed by atoms with Gasteiger partial charge in [-0.05, 0) is 30.0 Å². The summed E-state index contributed by atoms with van der Waals surface area (Å²) in [5.41, 5.74) is 7.85. The number of rotatable bonds is 4. The first kappa shape index (κ1) is 14.0. The van der Waals surface area contributed by atoms with Crippen LogP contribution in [0.2, 0.25) is 0 Å². The van der Waals surface area contributed by atoms with Crippen molar-refractivity contribution in [2.24, 2.45) is 5.73 Å². The zero-order chi connectivity index (χ0) is 14.8. The number of hydrogen-bond acceptors (Lipinski definition) is 3. The minimum atomic E-state index is -0.287. The van der Waals surface area contributed by atoms with E-state index < -0.39 is 0 Å². The third-order valence-electron chi connectivity index (χ3n) is 3.49. The SMILES string of the molecule is Cc1ccc(F)cc1OCc1c(CN)sc2ccccc12. The van der Waals surface area contributed by atoms with Crippen molar-refractivity contribution in [1.82, 2.24) is 0 Å². The highest BCUT2D eigenvalue weighted by molar-refractivity contribution is 7.19. The van der Waals surface area contributed by atoms with Crippen molar-refractivity contribution in [3.8, 4) is 5.75 Å². The standard InChI is InChI=1S/C17H16FNOS/c1-11-6-7-12(18)8-15(11)20-10-14-13-4-2-3-5-16(13)21-17(14)9-19/h2-8H,9-10,19H2,1H3. The summed E-state index contributed by atoms with van der Waals surface area (Å²) >= 11 is 1.69. The lowest BCUT2D eigenvalue weighted by Gasteiger charge is -2.10. The second-order valence-corrected chi connectivity index (χ2v) is 6.04. The van der Waals surface area contributed by atoms with Crippen LogP contribution in [0.4, 0.5) is 4.39 Å². The van der Waals surface area contributed by atoms with Crippen LogP contribution in [0.15, 0.2) is 42.5 Å². The number of nitrogens with two attached hydrogens (primary N) is 1. The van der Waals surface area contributed by atoms with Gasteiger partial charge in [0, 0.05) is 27.8 Å². The third kappa shape index (κ3) is 2.77. The highest BCUT2D eigenvalue weighted by Gasteiger charge is 2.12. The zero-order valence-corrected chi connectivity index (χ0v) is 12.5. The first-order valence-corrected chi connectivity index (χ1v) is 7.59. The molecule has 0 unspecified atom stereocenters. The fraction of sp³-hybridized carbons (Fsp3) is 0.176. The van der Waals surface area contributed by atoms with E-state index in [1.54, 1.807) is 17.4 Å². The Morgan fingerprint density at radius 2 is 2.00 bits per heavy atom. The van der Waals surface area contributed by atoms with E-state index in [1.807, 2.05) is 19.1 Å². The van der Waals surface area contributed by atoms with E-state index in [2.05, 4.69) is 12.1 Å². The summed E-state index contributed by atoms with van der Waals surface area (Å²) in [6, 6.07) is 12.8. The summed E-state index contributed by atoms with van der Waals surface area (Å²) in [7, 11) is 0. The molecule has 0 fully saturated rings. The molecule has 1 heterocycles. The maximum atomic E-state index is 13.3. The van der Waals surface area contributed by atoms with Crippen LogP contribution in [0.3, 0.4) is 0 Å². The van der Waals surface area contributed by atoms with Crippen LogP contribution in [-0.2, 0) is 13.2 Å². The van der Waals surface area contributed by atoms with Gasteiger partial charge in [-0.1, -0.05) is 24.3 Å². The van der Waals surface area contributed by atoms with Crippen molar-refractivity contribution in [2.75, 3.05) is 0 Å². The fourth-order valence-corrected chi connectivity index (χ4v) is 3.44. The molecule has 2 N–H and O–H groups in total. The van der Waals surface area contributed by atoms with Gasteiger partial charge in [-0.2, -0.15) is 0 Å². The number of fused-ring (bicyclic) bond motifs is 1. The lowest BCUT2D eigenvalue weighted by molar-refractivity contribution is 0.303. The van der Waals surface area contributed by atoms with Crippen molar-refractivity contribution in [3.63, 3.8) is 0 Å². The summed E-state index contributed by atoms with van der Waals surface area (Å²) in [5, 5.41) is 1.16. The maximum absolute atomic E-state index is 13.3. The smallest absolute Gasteiger partial charge is 0.126 e. The Kier molecular flexibility index (Phi) is 3.90. The summed E-state index contributed by atoms with van der Waals surface area (Å²) in [5.74, 6) is 0.290. The van der Waals surface area contributed by atoms with Crippen LogP contribution in [0.5, 0.6) is 5.75 Å². The predicted molar refractivity (Wildman–Crippen MR) is 85.2 cm³/mol.